The fourth-order valence-corrected chi connectivity index (χ4v) is 2.05. The van der Waals surface area contributed by atoms with Gasteiger partial charge in [0.25, 0.3) is 5.82 Å². The highest BCUT2D eigenvalue weighted by atomic mass is 15.3. The lowest BCUT2D eigenvalue weighted by molar-refractivity contribution is 0.607. The molecule has 7 nitrogen and oxygen atoms in total. The Balaban J connectivity index is 1.74. The number of hydrogen-bond donors (Lipinski definition) is 2. The second-order valence-corrected chi connectivity index (χ2v) is 4.34. The summed E-state index contributed by atoms with van der Waals surface area (Å²) in [5, 5.41) is 15.7. The number of aliphatic imine (C=N–C) groups is 1. The Bertz CT molecular complexity index is 450. The average molecular weight is 247 g/mol. The van der Waals surface area contributed by atoms with Gasteiger partial charge in [0.05, 0.1) is 13.1 Å². The van der Waals surface area contributed by atoms with Gasteiger partial charge >= 0.3 is 0 Å². The number of hydrogen-bond acceptors (Lipinski definition) is 4. The fourth-order valence-electron chi connectivity index (χ4n) is 2.05. The van der Waals surface area contributed by atoms with E-state index in [9.17, 15) is 0 Å². The Hall–Kier alpha value is -2.10. The molecule has 1 aliphatic rings. The molecule has 0 unspecified atom stereocenters. The number of nitrogens with zero attached hydrogens (tertiary/aromatic N) is 5. The average Bonchev–Trinajstić information content (AvgIpc) is 3.00. The molecule has 0 bridgehead atoms. The van der Waals surface area contributed by atoms with Gasteiger partial charge in [-0.1, -0.05) is 12.8 Å². The molecule has 1 aromatic rings. The monoisotopic (exact) mass is 247 g/mol. The van der Waals surface area contributed by atoms with E-state index >= 15 is 0 Å². The minimum absolute atomic E-state index is 0.177. The van der Waals surface area contributed by atoms with Crippen LogP contribution in [0.2, 0.25) is 0 Å². The third-order valence-electron chi connectivity index (χ3n) is 2.95. The van der Waals surface area contributed by atoms with Crippen molar-refractivity contribution in [3.8, 4) is 6.07 Å². The first-order valence-electron chi connectivity index (χ1n) is 6.14. The molecule has 0 atom stereocenters. The molecule has 0 aromatic carbocycles. The van der Waals surface area contributed by atoms with E-state index in [0.717, 1.165) is 0 Å². The zero-order valence-corrected chi connectivity index (χ0v) is 10.2. The lowest BCUT2D eigenvalue weighted by Crippen LogP contribution is -2.38. The maximum Gasteiger partial charge on any atom is 0.252 e. The molecule has 1 fully saturated rings. The maximum atomic E-state index is 8.58. The molecule has 18 heavy (non-hydrogen) atoms. The van der Waals surface area contributed by atoms with Crippen molar-refractivity contribution in [2.24, 2.45) is 10.7 Å². The highest BCUT2D eigenvalue weighted by Gasteiger charge is 2.14. The second kappa shape index (κ2) is 6.00. The maximum absolute atomic E-state index is 8.58. The van der Waals surface area contributed by atoms with Gasteiger partial charge in [0, 0.05) is 6.04 Å². The van der Waals surface area contributed by atoms with E-state index in [1.54, 1.807) is 4.68 Å². The molecule has 2 rings (SSSR count). The van der Waals surface area contributed by atoms with Crippen LogP contribution in [0.3, 0.4) is 0 Å². The highest BCUT2D eigenvalue weighted by Crippen LogP contribution is 2.17. The van der Waals surface area contributed by atoms with Gasteiger partial charge in [0.15, 0.2) is 5.96 Å². The number of nitriles is 1. The summed E-state index contributed by atoms with van der Waals surface area (Å²) in [5.41, 5.74) is 5.79. The number of rotatable bonds is 4. The van der Waals surface area contributed by atoms with Crippen molar-refractivity contribution in [3.05, 3.63) is 12.2 Å². The van der Waals surface area contributed by atoms with Crippen molar-refractivity contribution in [1.82, 2.24) is 20.1 Å². The number of nitrogens with two attached hydrogens (primary N) is 1. The van der Waals surface area contributed by atoms with Gasteiger partial charge in [-0.05, 0) is 12.8 Å². The van der Waals surface area contributed by atoms with E-state index in [4.69, 9.17) is 11.0 Å². The molecule has 0 spiro atoms. The van der Waals surface area contributed by atoms with Crippen LogP contribution in [0, 0.1) is 11.3 Å². The molecule has 1 aromatic heterocycles. The van der Waals surface area contributed by atoms with Gasteiger partial charge in [0.2, 0.25) is 0 Å². The van der Waals surface area contributed by atoms with Crippen molar-refractivity contribution in [3.63, 3.8) is 0 Å². The molecule has 1 aliphatic carbocycles. The first-order valence-corrected chi connectivity index (χ1v) is 6.14. The largest absolute Gasteiger partial charge is 0.370 e. The number of guanidine groups is 1. The normalized spacial score (nSPS) is 16.7. The Labute approximate surface area is 106 Å². The zero-order valence-electron chi connectivity index (χ0n) is 10.2. The molecule has 1 heterocycles. The van der Waals surface area contributed by atoms with Crippen LogP contribution < -0.4 is 11.1 Å². The van der Waals surface area contributed by atoms with Crippen LogP contribution >= 0.6 is 0 Å². The van der Waals surface area contributed by atoms with Crippen molar-refractivity contribution in [2.45, 2.75) is 38.3 Å². The molecule has 96 valence electrons. The zero-order chi connectivity index (χ0) is 12.8. The van der Waals surface area contributed by atoms with Crippen molar-refractivity contribution in [2.75, 3.05) is 6.54 Å². The summed E-state index contributed by atoms with van der Waals surface area (Å²) in [7, 11) is 0. The Morgan fingerprint density at radius 2 is 2.39 bits per heavy atom. The SMILES string of the molecule is N#Cc1ncn(CCN=C(N)NC2CCCC2)n1. The third kappa shape index (κ3) is 3.45. The predicted molar refractivity (Wildman–Crippen MR) is 66.6 cm³/mol. The Morgan fingerprint density at radius 1 is 1.61 bits per heavy atom. The smallest absolute Gasteiger partial charge is 0.252 e. The minimum Gasteiger partial charge on any atom is -0.370 e. The summed E-state index contributed by atoms with van der Waals surface area (Å²) < 4.78 is 1.59. The molecule has 1 saturated carbocycles. The van der Waals surface area contributed by atoms with Crippen LogP contribution in [-0.4, -0.2) is 33.3 Å². The minimum atomic E-state index is 0.177. The summed E-state index contributed by atoms with van der Waals surface area (Å²) >= 11 is 0. The van der Waals surface area contributed by atoms with E-state index in [1.807, 2.05) is 6.07 Å². The van der Waals surface area contributed by atoms with E-state index in [0.29, 0.717) is 25.1 Å². The van der Waals surface area contributed by atoms with Crippen molar-refractivity contribution in [1.29, 1.82) is 5.26 Å². The molecule has 0 amide bonds. The van der Waals surface area contributed by atoms with Gasteiger partial charge in [0.1, 0.15) is 12.4 Å². The van der Waals surface area contributed by atoms with E-state index in [1.165, 1.54) is 32.0 Å². The van der Waals surface area contributed by atoms with Gasteiger partial charge in [-0.15, -0.1) is 5.10 Å². The molecule has 0 saturated heterocycles. The molecule has 3 N–H and O–H groups in total. The van der Waals surface area contributed by atoms with Crippen LogP contribution in [0.25, 0.3) is 0 Å². The molecule has 7 heteroatoms. The van der Waals surface area contributed by atoms with E-state index in [-0.39, 0.29) is 5.82 Å². The van der Waals surface area contributed by atoms with Crippen LogP contribution in [0.1, 0.15) is 31.5 Å². The van der Waals surface area contributed by atoms with Gasteiger partial charge in [-0.25, -0.2) is 9.67 Å². The predicted octanol–water partition coefficient (Wildman–Crippen LogP) is -0.00332. The van der Waals surface area contributed by atoms with Gasteiger partial charge in [-0.3, -0.25) is 4.99 Å². The molecule has 0 radical (unpaired) electrons. The molecular formula is C11H17N7. The number of nitrogens with one attached hydrogen (secondary N) is 1. The van der Waals surface area contributed by atoms with Crippen LogP contribution in [-0.2, 0) is 6.54 Å². The molecular weight excluding hydrogens is 230 g/mol. The summed E-state index contributed by atoms with van der Waals surface area (Å²) in [5.74, 6) is 0.665. The van der Waals surface area contributed by atoms with Gasteiger partial charge in [-0.2, -0.15) is 5.26 Å². The first kappa shape index (κ1) is 12.4. The third-order valence-corrected chi connectivity index (χ3v) is 2.95. The summed E-state index contributed by atoms with van der Waals surface area (Å²) in [6, 6.07) is 2.36. The highest BCUT2D eigenvalue weighted by molar-refractivity contribution is 5.78. The van der Waals surface area contributed by atoms with E-state index in [2.05, 4.69) is 20.4 Å². The fraction of sp³-hybridized carbons (Fsp3) is 0.636. The lowest BCUT2D eigenvalue weighted by atomic mass is 10.2. The second-order valence-electron chi connectivity index (χ2n) is 4.34. The summed E-state index contributed by atoms with van der Waals surface area (Å²) in [6.07, 6.45) is 6.39. The number of aromatic nitrogens is 3. The Morgan fingerprint density at radius 3 is 3.06 bits per heavy atom. The first-order chi connectivity index (χ1) is 8.78. The van der Waals surface area contributed by atoms with Crippen LogP contribution in [0.4, 0.5) is 0 Å². The quantitative estimate of drug-likeness (QED) is 0.575. The van der Waals surface area contributed by atoms with Crippen LogP contribution in [0.5, 0.6) is 0 Å². The summed E-state index contributed by atoms with van der Waals surface area (Å²) in [4.78, 5) is 8.04. The molecule has 0 aliphatic heterocycles. The lowest BCUT2D eigenvalue weighted by Gasteiger charge is -2.12. The van der Waals surface area contributed by atoms with Crippen molar-refractivity contribution >= 4 is 5.96 Å². The Kier molecular flexibility index (Phi) is 4.12. The van der Waals surface area contributed by atoms with Gasteiger partial charge < -0.3 is 11.1 Å². The topological polar surface area (TPSA) is 105 Å². The van der Waals surface area contributed by atoms with Crippen molar-refractivity contribution < 1.29 is 0 Å². The van der Waals surface area contributed by atoms with E-state index < -0.39 is 0 Å². The standard InChI is InChI=1S/C11H17N7/c12-7-10-15-8-18(17-10)6-5-14-11(13)16-9-3-1-2-4-9/h8-9H,1-6H2,(H3,13,14,16). The summed E-state index contributed by atoms with van der Waals surface area (Å²) in [6.45, 7) is 1.10. The van der Waals surface area contributed by atoms with Crippen LogP contribution in [0.15, 0.2) is 11.3 Å².